The summed E-state index contributed by atoms with van der Waals surface area (Å²) in [5.74, 6) is 4.16. The predicted molar refractivity (Wildman–Crippen MR) is 47.2 cm³/mol. The van der Waals surface area contributed by atoms with Gasteiger partial charge in [0.05, 0.1) is 0 Å². The normalized spacial score (nSPS) is 10.0. The second-order valence-corrected chi connectivity index (χ2v) is 2.92. The van der Waals surface area contributed by atoms with Crippen LogP contribution in [0, 0.1) is 0 Å². The van der Waals surface area contributed by atoms with Gasteiger partial charge in [-0.3, -0.25) is 0 Å². The minimum absolute atomic E-state index is 0.430. The zero-order valence-corrected chi connectivity index (χ0v) is 7.67. The van der Waals surface area contributed by atoms with E-state index in [2.05, 4.69) is 17.3 Å². The van der Waals surface area contributed by atoms with Gasteiger partial charge in [-0.25, -0.2) is 4.79 Å². The molecule has 70 valence electrons. The summed E-state index contributed by atoms with van der Waals surface area (Å²) in [5.41, 5.74) is 0.430. The van der Waals surface area contributed by atoms with Gasteiger partial charge in [-0.05, 0) is 33.5 Å². The molecule has 2 N–H and O–H groups in total. The molecule has 0 unspecified atom stereocenters. The molecule has 0 aliphatic rings. The zero-order chi connectivity index (χ0) is 9.56. The maximum atomic E-state index is 10.7. The van der Waals surface area contributed by atoms with Crippen molar-refractivity contribution in [2.75, 3.05) is 20.6 Å². The first-order valence-corrected chi connectivity index (χ1v) is 3.81. The van der Waals surface area contributed by atoms with Crippen LogP contribution in [0.1, 0.15) is 12.8 Å². The summed E-state index contributed by atoms with van der Waals surface area (Å²) in [6.45, 7) is 4.48. The maximum absolute atomic E-state index is 10.7. The summed E-state index contributed by atoms with van der Waals surface area (Å²) in [5, 5.41) is 0. The van der Waals surface area contributed by atoms with E-state index in [0.29, 0.717) is 12.0 Å². The lowest BCUT2D eigenvalue weighted by atomic mass is 10.1. The molecule has 0 aromatic rings. The van der Waals surface area contributed by atoms with Gasteiger partial charge >= 0.3 is 5.97 Å². The highest BCUT2D eigenvalue weighted by Crippen LogP contribution is 2.03. The van der Waals surface area contributed by atoms with E-state index in [4.69, 9.17) is 0 Å². The minimum atomic E-state index is -0.520. The molecule has 0 aromatic carbocycles. The van der Waals surface area contributed by atoms with Crippen LogP contribution in [0.2, 0.25) is 0 Å². The molecule has 0 aromatic heterocycles. The fraction of sp³-hybridized carbons (Fsp3) is 0.625. The standard InChI is InChI=1S/C8H16N2O2/c1-7(8(11)12-9)5-4-6-10(2)3/h1,4-6,9H2,2-3H3. The Kier molecular flexibility index (Phi) is 5.32. The second kappa shape index (κ2) is 5.74. The number of hydrogen-bond donors (Lipinski definition) is 1. The third kappa shape index (κ3) is 4.87. The highest BCUT2D eigenvalue weighted by Gasteiger charge is 2.06. The van der Waals surface area contributed by atoms with E-state index in [-0.39, 0.29) is 0 Å². The van der Waals surface area contributed by atoms with Crippen molar-refractivity contribution in [3.05, 3.63) is 12.2 Å². The molecule has 0 aliphatic heterocycles. The molecule has 0 bridgehead atoms. The van der Waals surface area contributed by atoms with Crippen LogP contribution in [-0.2, 0) is 9.63 Å². The summed E-state index contributed by atoms with van der Waals surface area (Å²) in [7, 11) is 3.95. The molecule has 0 fully saturated rings. The monoisotopic (exact) mass is 172 g/mol. The lowest BCUT2D eigenvalue weighted by Gasteiger charge is -2.08. The van der Waals surface area contributed by atoms with Crippen LogP contribution < -0.4 is 5.90 Å². The SMILES string of the molecule is C=C(CCCN(C)C)C(=O)ON. The Balaban J connectivity index is 3.51. The summed E-state index contributed by atoms with van der Waals surface area (Å²) < 4.78 is 0. The van der Waals surface area contributed by atoms with Crippen LogP contribution in [0.25, 0.3) is 0 Å². The molecular formula is C8H16N2O2. The van der Waals surface area contributed by atoms with Crippen molar-refractivity contribution in [3.63, 3.8) is 0 Å². The Morgan fingerprint density at radius 2 is 2.17 bits per heavy atom. The predicted octanol–water partition coefficient (Wildman–Crippen LogP) is 0.301. The molecule has 0 spiro atoms. The number of hydrogen-bond acceptors (Lipinski definition) is 4. The Labute approximate surface area is 72.9 Å². The van der Waals surface area contributed by atoms with Gasteiger partial charge in [0.2, 0.25) is 0 Å². The van der Waals surface area contributed by atoms with Gasteiger partial charge in [0.25, 0.3) is 0 Å². The van der Waals surface area contributed by atoms with Crippen molar-refractivity contribution >= 4 is 5.97 Å². The first-order chi connectivity index (χ1) is 5.57. The lowest BCUT2D eigenvalue weighted by molar-refractivity contribution is -0.139. The Hall–Kier alpha value is -0.870. The van der Waals surface area contributed by atoms with Crippen LogP contribution in [0.5, 0.6) is 0 Å². The van der Waals surface area contributed by atoms with E-state index in [1.54, 1.807) is 0 Å². The van der Waals surface area contributed by atoms with Gasteiger partial charge in [0.15, 0.2) is 0 Å². The van der Waals surface area contributed by atoms with E-state index >= 15 is 0 Å². The fourth-order valence-corrected chi connectivity index (χ4v) is 0.794. The van der Waals surface area contributed by atoms with Gasteiger partial charge in [-0.1, -0.05) is 6.58 Å². The molecule has 0 atom stereocenters. The molecule has 0 saturated heterocycles. The molecule has 4 nitrogen and oxygen atoms in total. The third-order valence-corrected chi connectivity index (χ3v) is 1.48. The first kappa shape index (κ1) is 11.1. The van der Waals surface area contributed by atoms with E-state index in [9.17, 15) is 4.79 Å². The minimum Gasteiger partial charge on any atom is -0.370 e. The van der Waals surface area contributed by atoms with E-state index < -0.39 is 5.97 Å². The van der Waals surface area contributed by atoms with E-state index in [1.807, 2.05) is 19.0 Å². The Morgan fingerprint density at radius 3 is 2.58 bits per heavy atom. The average molecular weight is 172 g/mol. The molecule has 0 radical (unpaired) electrons. The molecule has 0 aliphatic carbocycles. The zero-order valence-electron chi connectivity index (χ0n) is 7.67. The fourth-order valence-electron chi connectivity index (χ4n) is 0.794. The smallest absolute Gasteiger partial charge is 0.351 e. The van der Waals surface area contributed by atoms with Crippen LogP contribution in [0.4, 0.5) is 0 Å². The number of carbonyl (C=O) groups is 1. The van der Waals surface area contributed by atoms with Crippen LogP contribution in [-0.4, -0.2) is 31.5 Å². The Morgan fingerprint density at radius 1 is 1.58 bits per heavy atom. The molecule has 0 amide bonds. The molecular weight excluding hydrogens is 156 g/mol. The first-order valence-electron chi connectivity index (χ1n) is 3.81. The van der Waals surface area contributed by atoms with Gasteiger partial charge < -0.3 is 9.74 Å². The number of carbonyl (C=O) groups excluding carboxylic acids is 1. The van der Waals surface area contributed by atoms with Gasteiger partial charge in [-0.15, -0.1) is 0 Å². The topological polar surface area (TPSA) is 55.6 Å². The molecule has 0 heterocycles. The van der Waals surface area contributed by atoms with Gasteiger partial charge in [-0.2, -0.15) is 5.90 Å². The largest absolute Gasteiger partial charge is 0.370 e. The van der Waals surface area contributed by atoms with Crippen molar-refractivity contribution in [1.29, 1.82) is 0 Å². The van der Waals surface area contributed by atoms with E-state index in [0.717, 1.165) is 13.0 Å². The number of nitrogens with zero attached hydrogens (tertiary/aromatic N) is 1. The summed E-state index contributed by atoms with van der Waals surface area (Å²) in [4.78, 5) is 16.8. The summed E-state index contributed by atoms with van der Waals surface area (Å²) in [6.07, 6.45) is 1.52. The highest BCUT2D eigenvalue weighted by molar-refractivity contribution is 5.87. The number of rotatable bonds is 5. The average Bonchev–Trinajstić information content (AvgIpc) is 2.02. The van der Waals surface area contributed by atoms with Crippen LogP contribution in [0.3, 0.4) is 0 Å². The third-order valence-electron chi connectivity index (χ3n) is 1.48. The molecule has 0 rings (SSSR count). The van der Waals surface area contributed by atoms with Crippen molar-refractivity contribution in [2.24, 2.45) is 5.90 Å². The van der Waals surface area contributed by atoms with E-state index in [1.165, 1.54) is 0 Å². The quantitative estimate of drug-likeness (QED) is 0.478. The lowest BCUT2D eigenvalue weighted by Crippen LogP contribution is -2.15. The van der Waals surface area contributed by atoms with Gasteiger partial charge in [0.1, 0.15) is 0 Å². The van der Waals surface area contributed by atoms with Crippen molar-refractivity contribution in [3.8, 4) is 0 Å². The number of nitrogens with two attached hydrogens (primary N) is 1. The second-order valence-electron chi connectivity index (χ2n) is 2.92. The Bertz CT molecular complexity index is 166. The summed E-state index contributed by atoms with van der Waals surface area (Å²) >= 11 is 0. The van der Waals surface area contributed by atoms with Crippen molar-refractivity contribution in [1.82, 2.24) is 4.90 Å². The maximum Gasteiger partial charge on any atom is 0.351 e. The summed E-state index contributed by atoms with van der Waals surface area (Å²) in [6, 6.07) is 0. The highest BCUT2D eigenvalue weighted by atomic mass is 16.7. The van der Waals surface area contributed by atoms with Crippen molar-refractivity contribution in [2.45, 2.75) is 12.8 Å². The van der Waals surface area contributed by atoms with Crippen LogP contribution in [0.15, 0.2) is 12.2 Å². The van der Waals surface area contributed by atoms with Crippen LogP contribution >= 0.6 is 0 Å². The molecule has 4 heteroatoms. The van der Waals surface area contributed by atoms with Crippen molar-refractivity contribution < 1.29 is 9.63 Å². The van der Waals surface area contributed by atoms with Gasteiger partial charge in [0, 0.05) is 5.57 Å². The molecule has 0 saturated carbocycles. The molecule has 12 heavy (non-hydrogen) atoms.